The van der Waals surface area contributed by atoms with Crippen molar-refractivity contribution in [3.05, 3.63) is 42.1 Å². The van der Waals surface area contributed by atoms with Gasteiger partial charge < -0.3 is 20.3 Å². The molecule has 1 amide bonds. The standard InChI is InChI=1S/C19H26N6O2/c1-24(2)16-5-3-15(4-6-16)21-19(26)17-7-8-18(23-22-17)20-9-10-25-11-13-27-14-12-25/h3-8H,9-14H2,1-2H3,(H,20,23)(H,21,26). The van der Waals surface area contributed by atoms with Crippen molar-refractivity contribution in [1.29, 1.82) is 0 Å². The Morgan fingerprint density at radius 3 is 2.48 bits per heavy atom. The molecule has 1 saturated heterocycles. The number of hydrogen-bond acceptors (Lipinski definition) is 7. The Labute approximate surface area is 159 Å². The van der Waals surface area contributed by atoms with Gasteiger partial charge in [0, 0.05) is 51.6 Å². The lowest BCUT2D eigenvalue weighted by Gasteiger charge is -2.26. The number of hydrogen-bond donors (Lipinski definition) is 2. The summed E-state index contributed by atoms with van der Waals surface area (Å²) in [6.07, 6.45) is 0. The second-order valence-corrected chi connectivity index (χ2v) is 6.58. The molecule has 0 radical (unpaired) electrons. The smallest absolute Gasteiger partial charge is 0.276 e. The molecule has 1 aromatic carbocycles. The van der Waals surface area contributed by atoms with E-state index in [4.69, 9.17) is 4.74 Å². The van der Waals surface area contributed by atoms with Gasteiger partial charge in [-0.1, -0.05) is 0 Å². The molecule has 2 heterocycles. The zero-order valence-electron chi connectivity index (χ0n) is 15.8. The molecule has 8 heteroatoms. The third-order valence-corrected chi connectivity index (χ3v) is 4.38. The number of anilines is 3. The third-order valence-electron chi connectivity index (χ3n) is 4.38. The molecule has 1 aliphatic heterocycles. The van der Waals surface area contributed by atoms with Gasteiger partial charge in [-0.25, -0.2) is 0 Å². The zero-order valence-corrected chi connectivity index (χ0v) is 15.8. The largest absolute Gasteiger partial charge is 0.379 e. The molecule has 8 nitrogen and oxygen atoms in total. The molecular weight excluding hydrogens is 344 g/mol. The fourth-order valence-corrected chi connectivity index (χ4v) is 2.75. The van der Waals surface area contributed by atoms with E-state index in [1.54, 1.807) is 12.1 Å². The van der Waals surface area contributed by atoms with Crippen LogP contribution < -0.4 is 15.5 Å². The summed E-state index contributed by atoms with van der Waals surface area (Å²) >= 11 is 0. The minimum atomic E-state index is -0.278. The van der Waals surface area contributed by atoms with Crippen molar-refractivity contribution >= 4 is 23.1 Å². The molecule has 0 unspecified atom stereocenters. The highest BCUT2D eigenvalue weighted by Gasteiger charge is 2.11. The van der Waals surface area contributed by atoms with Crippen LogP contribution in [0.1, 0.15) is 10.5 Å². The molecule has 2 N–H and O–H groups in total. The van der Waals surface area contributed by atoms with Crippen LogP contribution in [0, 0.1) is 0 Å². The van der Waals surface area contributed by atoms with Crippen molar-refractivity contribution in [2.75, 3.05) is 69.0 Å². The van der Waals surface area contributed by atoms with E-state index in [9.17, 15) is 4.79 Å². The monoisotopic (exact) mass is 370 g/mol. The van der Waals surface area contributed by atoms with Gasteiger partial charge >= 0.3 is 0 Å². The zero-order chi connectivity index (χ0) is 19.1. The van der Waals surface area contributed by atoms with Crippen molar-refractivity contribution in [3.8, 4) is 0 Å². The number of nitrogens with zero attached hydrogens (tertiary/aromatic N) is 4. The average Bonchev–Trinajstić information content (AvgIpc) is 2.70. The summed E-state index contributed by atoms with van der Waals surface area (Å²) in [7, 11) is 3.94. The molecule has 0 atom stereocenters. The number of ether oxygens (including phenoxy) is 1. The first-order chi connectivity index (χ1) is 13.1. The van der Waals surface area contributed by atoms with Crippen LogP contribution in [-0.4, -0.2) is 74.5 Å². The number of carbonyl (C=O) groups is 1. The summed E-state index contributed by atoms with van der Waals surface area (Å²) in [4.78, 5) is 16.6. The Morgan fingerprint density at radius 2 is 1.85 bits per heavy atom. The van der Waals surface area contributed by atoms with Gasteiger partial charge in [0.2, 0.25) is 0 Å². The van der Waals surface area contributed by atoms with Crippen LogP contribution in [0.15, 0.2) is 36.4 Å². The van der Waals surface area contributed by atoms with Crippen LogP contribution in [0.3, 0.4) is 0 Å². The van der Waals surface area contributed by atoms with Crippen LogP contribution in [0.2, 0.25) is 0 Å². The van der Waals surface area contributed by atoms with Gasteiger partial charge in [0.05, 0.1) is 13.2 Å². The molecule has 0 saturated carbocycles. The lowest BCUT2D eigenvalue weighted by atomic mass is 10.2. The van der Waals surface area contributed by atoms with Gasteiger partial charge in [0.15, 0.2) is 5.69 Å². The lowest BCUT2D eigenvalue weighted by molar-refractivity contribution is 0.0398. The predicted molar refractivity (Wildman–Crippen MR) is 107 cm³/mol. The van der Waals surface area contributed by atoms with Gasteiger partial charge in [-0.3, -0.25) is 9.69 Å². The molecule has 1 aromatic heterocycles. The molecule has 1 aliphatic rings. The number of aromatic nitrogens is 2. The van der Waals surface area contributed by atoms with Gasteiger partial charge in [0.1, 0.15) is 5.82 Å². The van der Waals surface area contributed by atoms with Crippen molar-refractivity contribution in [2.45, 2.75) is 0 Å². The molecule has 0 aliphatic carbocycles. The first-order valence-corrected chi connectivity index (χ1v) is 9.08. The van der Waals surface area contributed by atoms with Crippen molar-refractivity contribution < 1.29 is 9.53 Å². The first kappa shape index (κ1) is 19.1. The van der Waals surface area contributed by atoms with Gasteiger partial charge in [-0.15, -0.1) is 10.2 Å². The first-order valence-electron chi connectivity index (χ1n) is 9.08. The maximum absolute atomic E-state index is 12.3. The SMILES string of the molecule is CN(C)c1ccc(NC(=O)c2ccc(NCCN3CCOCC3)nn2)cc1. The van der Waals surface area contributed by atoms with E-state index in [1.807, 2.05) is 43.3 Å². The second-order valence-electron chi connectivity index (χ2n) is 6.58. The van der Waals surface area contributed by atoms with Crippen LogP contribution in [0.5, 0.6) is 0 Å². The Morgan fingerprint density at radius 1 is 1.11 bits per heavy atom. The topological polar surface area (TPSA) is 82.6 Å². The minimum Gasteiger partial charge on any atom is -0.379 e. The van der Waals surface area contributed by atoms with Gasteiger partial charge in [-0.05, 0) is 36.4 Å². The van der Waals surface area contributed by atoms with E-state index in [0.29, 0.717) is 5.82 Å². The van der Waals surface area contributed by atoms with Crippen molar-refractivity contribution in [3.63, 3.8) is 0 Å². The number of benzene rings is 1. The predicted octanol–water partition coefficient (Wildman–Crippen LogP) is 1.54. The van der Waals surface area contributed by atoms with E-state index in [1.165, 1.54) is 0 Å². The second kappa shape index (κ2) is 9.29. The Balaban J connectivity index is 1.47. The van der Waals surface area contributed by atoms with Gasteiger partial charge in [-0.2, -0.15) is 0 Å². The number of nitrogens with one attached hydrogen (secondary N) is 2. The highest BCUT2D eigenvalue weighted by atomic mass is 16.5. The van der Waals surface area contributed by atoms with Crippen LogP contribution in [0.4, 0.5) is 17.2 Å². The Hall–Kier alpha value is -2.71. The lowest BCUT2D eigenvalue weighted by Crippen LogP contribution is -2.39. The highest BCUT2D eigenvalue weighted by Crippen LogP contribution is 2.16. The molecular formula is C19H26N6O2. The number of carbonyl (C=O) groups excluding carboxylic acids is 1. The summed E-state index contributed by atoms with van der Waals surface area (Å²) in [5.74, 6) is 0.384. The van der Waals surface area contributed by atoms with Crippen LogP contribution >= 0.6 is 0 Å². The Kier molecular flexibility index (Phi) is 6.56. The van der Waals surface area contributed by atoms with Crippen molar-refractivity contribution in [2.24, 2.45) is 0 Å². The molecule has 0 spiro atoms. The maximum atomic E-state index is 12.3. The quantitative estimate of drug-likeness (QED) is 0.765. The van der Waals surface area contributed by atoms with E-state index < -0.39 is 0 Å². The summed E-state index contributed by atoms with van der Waals surface area (Å²) in [5.41, 5.74) is 2.07. The normalized spacial score (nSPS) is 14.6. The van der Waals surface area contributed by atoms with E-state index in [0.717, 1.165) is 50.8 Å². The minimum absolute atomic E-state index is 0.278. The fraction of sp³-hybridized carbons (Fsp3) is 0.421. The summed E-state index contributed by atoms with van der Waals surface area (Å²) < 4.78 is 5.33. The molecule has 1 fully saturated rings. The van der Waals surface area contributed by atoms with E-state index in [-0.39, 0.29) is 11.6 Å². The maximum Gasteiger partial charge on any atom is 0.276 e. The average molecular weight is 370 g/mol. The number of rotatable bonds is 7. The molecule has 3 rings (SSSR count). The van der Waals surface area contributed by atoms with Gasteiger partial charge in [0.25, 0.3) is 5.91 Å². The highest BCUT2D eigenvalue weighted by molar-refractivity contribution is 6.02. The Bertz CT molecular complexity index is 727. The molecule has 144 valence electrons. The summed E-state index contributed by atoms with van der Waals surface area (Å²) in [6, 6.07) is 11.1. The van der Waals surface area contributed by atoms with Crippen molar-refractivity contribution in [1.82, 2.24) is 15.1 Å². The molecule has 2 aromatic rings. The summed E-state index contributed by atoms with van der Waals surface area (Å²) in [5, 5.41) is 14.2. The van der Waals surface area contributed by atoms with Crippen LogP contribution in [0.25, 0.3) is 0 Å². The van der Waals surface area contributed by atoms with E-state index in [2.05, 4.69) is 25.7 Å². The van der Waals surface area contributed by atoms with Crippen LogP contribution in [-0.2, 0) is 4.74 Å². The molecule has 27 heavy (non-hydrogen) atoms. The number of morpholine rings is 1. The summed E-state index contributed by atoms with van der Waals surface area (Å²) in [6.45, 7) is 5.21. The van der Waals surface area contributed by atoms with E-state index >= 15 is 0 Å². The fourth-order valence-electron chi connectivity index (χ4n) is 2.75. The number of amides is 1. The third kappa shape index (κ3) is 5.63. The molecule has 0 bridgehead atoms.